The Bertz CT molecular complexity index is 304. The third-order valence-corrected chi connectivity index (χ3v) is 1.59. The third-order valence-electron chi connectivity index (χ3n) is 1.59. The van der Waals surface area contributed by atoms with Crippen LogP contribution in [0.2, 0.25) is 0 Å². The molecule has 0 amide bonds. The Morgan fingerprint density at radius 2 is 2.42 bits per heavy atom. The smallest absolute Gasteiger partial charge is 0.180 e. The van der Waals surface area contributed by atoms with Crippen LogP contribution >= 0.6 is 0 Å². The maximum absolute atomic E-state index is 11.2. The van der Waals surface area contributed by atoms with Crippen molar-refractivity contribution in [1.82, 2.24) is 4.98 Å². The van der Waals surface area contributed by atoms with Crippen LogP contribution in [0.5, 0.6) is 0 Å². The highest BCUT2D eigenvalue weighted by atomic mass is 16.1. The molecule has 0 aliphatic carbocycles. The maximum Gasteiger partial charge on any atom is 0.180 e. The Balaban J connectivity index is 3.01. The Kier molecular flexibility index (Phi) is 2.75. The van der Waals surface area contributed by atoms with Crippen molar-refractivity contribution >= 4 is 11.9 Å². The first kappa shape index (κ1) is 8.65. The number of aromatic nitrogens is 1. The van der Waals surface area contributed by atoms with E-state index in [1.807, 2.05) is 19.1 Å². The van der Waals surface area contributed by atoms with Crippen molar-refractivity contribution in [2.75, 3.05) is 0 Å². The maximum atomic E-state index is 11.2. The van der Waals surface area contributed by atoms with Crippen LogP contribution in [0.15, 0.2) is 24.8 Å². The Hall–Kier alpha value is -1.44. The molecule has 0 aliphatic heterocycles. The number of hydrogen-bond acceptors (Lipinski definition) is 2. The van der Waals surface area contributed by atoms with Gasteiger partial charge < -0.3 is 0 Å². The predicted octanol–water partition coefficient (Wildman–Crippen LogP) is 2.32. The van der Waals surface area contributed by atoms with Gasteiger partial charge in [-0.05, 0) is 18.2 Å². The van der Waals surface area contributed by atoms with E-state index in [1.165, 1.54) is 0 Å². The molecular formula is C10H11NO. The molecule has 62 valence electrons. The summed E-state index contributed by atoms with van der Waals surface area (Å²) in [7, 11) is 0. The molecular weight excluding hydrogens is 150 g/mol. The minimum absolute atomic E-state index is 0.0682. The number of nitrogens with zero attached hydrogens (tertiary/aromatic N) is 1. The molecule has 0 fully saturated rings. The van der Waals surface area contributed by atoms with Crippen LogP contribution in [0.25, 0.3) is 6.08 Å². The summed E-state index contributed by atoms with van der Waals surface area (Å²) in [4.78, 5) is 15.3. The zero-order valence-electron chi connectivity index (χ0n) is 7.08. The number of ketones is 1. The van der Waals surface area contributed by atoms with Gasteiger partial charge in [0.15, 0.2) is 5.78 Å². The second-order valence-electron chi connectivity index (χ2n) is 2.43. The van der Waals surface area contributed by atoms with Crippen LogP contribution < -0.4 is 0 Å². The summed E-state index contributed by atoms with van der Waals surface area (Å²) in [5, 5.41) is 0. The molecule has 12 heavy (non-hydrogen) atoms. The highest BCUT2D eigenvalue weighted by Crippen LogP contribution is 2.02. The summed E-state index contributed by atoms with van der Waals surface area (Å²) < 4.78 is 0. The minimum atomic E-state index is 0.0682. The molecule has 2 heteroatoms. The van der Waals surface area contributed by atoms with Crippen LogP contribution in [0.4, 0.5) is 0 Å². The average Bonchev–Trinajstić information content (AvgIpc) is 2.17. The molecule has 1 rings (SSSR count). The van der Waals surface area contributed by atoms with Gasteiger partial charge in [-0.1, -0.05) is 19.6 Å². The summed E-state index contributed by atoms with van der Waals surface area (Å²) in [5.41, 5.74) is 1.27. The van der Waals surface area contributed by atoms with E-state index in [0.29, 0.717) is 12.1 Å². The number of carbonyl (C=O) groups excluding carboxylic acids is 1. The van der Waals surface area contributed by atoms with E-state index in [9.17, 15) is 4.79 Å². The zero-order valence-corrected chi connectivity index (χ0v) is 7.08. The van der Waals surface area contributed by atoms with Crippen LogP contribution in [-0.4, -0.2) is 10.8 Å². The number of hydrogen-bond donors (Lipinski definition) is 0. The van der Waals surface area contributed by atoms with Crippen LogP contribution in [0, 0.1) is 0 Å². The van der Waals surface area contributed by atoms with Crippen LogP contribution in [0.1, 0.15) is 29.5 Å². The van der Waals surface area contributed by atoms with Gasteiger partial charge in [0.25, 0.3) is 0 Å². The lowest BCUT2D eigenvalue weighted by molar-refractivity contribution is 0.0983. The van der Waals surface area contributed by atoms with Gasteiger partial charge in [0.1, 0.15) is 5.69 Å². The molecule has 0 atom stereocenters. The lowest BCUT2D eigenvalue weighted by Crippen LogP contribution is -2.00. The Labute approximate surface area is 71.9 Å². The quantitative estimate of drug-likeness (QED) is 0.637. The predicted molar refractivity (Wildman–Crippen MR) is 48.9 cm³/mol. The molecule has 1 aromatic rings. The first-order valence-corrected chi connectivity index (χ1v) is 3.90. The van der Waals surface area contributed by atoms with Gasteiger partial charge in [0.2, 0.25) is 0 Å². The first-order valence-electron chi connectivity index (χ1n) is 3.90. The molecule has 0 radical (unpaired) electrons. The van der Waals surface area contributed by atoms with Crippen molar-refractivity contribution in [3.05, 3.63) is 36.2 Å². The fourth-order valence-electron chi connectivity index (χ4n) is 0.902. The van der Waals surface area contributed by atoms with Crippen molar-refractivity contribution in [3.63, 3.8) is 0 Å². The van der Waals surface area contributed by atoms with Gasteiger partial charge in [0.05, 0.1) is 5.69 Å². The lowest BCUT2D eigenvalue weighted by Gasteiger charge is -1.97. The van der Waals surface area contributed by atoms with Crippen molar-refractivity contribution in [1.29, 1.82) is 0 Å². The number of carbonyl (C=O) groups is 1. The van der Waals surface area contributed by atoms with Gasteiger partial charge in [-0.25, -0.2) is 4.98 Å². The molecule has 1 heterocycles. The molecule has 0 bridgehead atoms. The van der Waals surface area contributed by atoms with Crippen molar-refractivity contribution in [3.8, 4) is 0 Å². The summed E-state index contributed by atoms with van der Waals surface area (Å²) in [5.74, 6) is 0.0682. The molecule has 0 spiro atoms. The molecule has 0 saturated heterocycles. The first-order chi connectivity index (χ1) is 5.77. The SMILES string of the molecule is C=Cc1cccc(C(=O)CC)n1. The second kappa shape index (κ2) is 3.81. The molecule has 0 unspecified atom stereocenters. The van der Waals surface area contributed by atoms with E-state index >= 15 is 0 Å². The van der Waals surface area contributed by atoms with Crippen molar-refractivity contribution in [2.45, 2.75) is 13.3 Å². The number of Topliss-reactive ketones (excluding diaryl/α,β-unsaturated/α-hetero) is 1. The zero-order chi connectivity index (χ0) is 8.97. The van der Waals surface area contributed by atoms with Crippen molar-refractivity contribution < 1.29 is 4.79 Å². The van der Waals surface area contributed by atoms with Gasteiger partial charge in [-0.3, -0.25) is 4.79 Å². The van der Waals surface area contributed by atoms with Gasteiger partial charge in [0, 0.05) is 6.42 Å². The van der Waals surface area contributed by atoms with Gasteiger partial charge in [-0.15, -0.1) is 0 Å². The van der Waals surface area contributed by atoms with Crippen molar-refractivity contribution in [2.24, 2.45) is 0 Å². The highest BCUT2D eigenvalue weighted by Gasteiger charge is 2.03. The van der Waals surface area contributed by atoms with Crippen LogP contribution in [0.3, 0.4) is 0 Å². The van der Waals surface area contributed by atoms with E-state index in [1.54, 1.807) is 12.1 Å². The topological polar surface area (TPSA) is 30.0 Å². The molecule has 2 nitrogen and oxygen atoms in total. The Morgan fingerprint density at radius 1 is 1.67 bits per heavy atom. The van der Waals surface area contributed by atoms with E-state index in [-0.39, 0.29) is 5.78 Å². The number of pyridine rings is 1. The Morgan fingerprint density at radius 3 is 3.00 bits per heavy atom. The summed E-state index contributed by atoms with van der Waals surface area (Å²) >= 11 is 0. The van der Waals surface area contributed by atoms with E-state index in [2.05, 4.69) is 11.6 Å². The number of rotatable bonds is 3. The van der Waals surface area contributed by atoms with Crippen LogP contribution in [-0.2, 0) is 0 Å². The molecule has 0 N–H and O–H groups in total. The lowest BCUT2D eigenvalue weighted by atomic mass is 10.2. The van der Waals surface area contributed by atoms with Gasteiger partial charge >= 0.3 is 0 Å². The normalized spacial score (nSPS) is 9.42. The summed E-state index contributed by atoms with van der Waals surface area (Å²) in [6.45, 7) is 5.41. The summed E-state index contributed by atoms with van der Waals surface area (Å²) in [6.07, 6.45) is 2.13. The third kappa shape index (κ3) is 1.78. The highest BCUT2D eigenvalue weighted by molar-refractivity contribution is 5.94. The molecule has 0 aliphatic rings. The molecule has 0 saturated carbocycles. The molecule has 1 aromatic heterocycles. The van der Waals surface area contributed by atoms with E-state index in [0.717, 1.165) is 5.69 Å². The molecule has 0 aromatic carbocycles. The van der Waals surface area contributed by atoms with Gasteiger partial charge in [-0.2, -0.15) is 0 Å². The average molecular weight is 161 g/mol. The largest absolute Gasteiger partial charge is 0.292 e. The minimum Gasteiger partial charge on any atom is -0.292 e. The van der Waals surface area contributed by atoms with E-state index in [4.69, 9.17) is 0 Å². The standard InChI is InChI=1S/C10H11NO/c1-3-8-6-5-7-9(11-8)10(12)4-2/h3,5-7H,1,4H2,2H3. The fourth-order valence-corrected chi connectivity index (χ4v) is 0.902. The second-order valence-corrected chi connectivity index (χ2v) is 2.43. The van der Waals surface area contributed by atoms with E-state index < -0.39 is 0 Å². The fraction of sp³-hybridized carbons (Fsp3) is 0.200. The summed E-state index contributed by atoms with van der Waals surface area (Å²) in [6, 6.07) is 5.35. The monoisotopic (exact) mass is 161 g/mol.